The van der Waals surface area contributed by atoms with Crippen molar-refractivity contribution in [1.82, 2.24) is 0 Å². The van der Waals surface area contributed by atoms with Crippen molar-refractivity contribution in [3.8, 4) is 0 Å². The number of hydrogen-bond acceptors (Lipinski definition) is 5. The Labute approximate surface area is 148 Å². The minimum atomic E-state index is -1.54. The summed E-state index contributed by atoms with van der Waals surface area (Å²) in [6, 6.07) is 6.93. The van der Waals surface area contributed by atoms with Crippen LogP contribution >= 0.6 is 15.9 Å². The summed E-state index contributed by atoms with van der Waals surface area (Å²) < 4.78 is 11.2. The van der Waals surface area contributed by atoms with Gasteiger partial charge in [0, 0.05) is 16.0 Å². The van der Waals surface area contributed by atoms with Crippen LogP contribution in [-0.4, -0.2) is 30.4 Å². The van der Waals surface area contributed by atoms with Crippen LogP contribution in [0.5, 0.6) is 0 Å². The lowest BCUT2D eigenvalue weighted by atomic mass is 9.81. The van der Waals surface area contributed by atoms with Gasteiger partial charge in [-0.25, -0.2) is 0 Å². The van der Waals surface area contributed by atoms with Crippen molar-refractivity contribution in [1.29, 1.82) is 0 Å². The number of ketones is 1. The Balaban J connectivity index is 2.16. The van der Waals surface area contributed by atoms with Crippen molar-refractivity contribution in [3.05, 3.63) is 34.3 Å². The van der Waals surface area contributed by atoms with Gasteiger partial charge in [-0.15, -0.1) is 0 Å². The molecule has 1 saturated carbocycles. The zero-order chi connectivity index (χ0) is 17.9. The number of benzene rings is 1. The van der Waals surface area contributed by atoms with E-state index in [4.69, 9.17) is 9.47 Å². The van der Waals surface area contributed by atoms with Crippen molar-refractivity contribution in [3.63, 3.8) is 0 Å². The number of methoxy groups -OCH3 is 1. The van der Waals surface area contributed by atoms with Gasteiger partial charge in [-0.1, -0.05) is 35.0 Å². The molecule has 128 valence electrons. The fourth-order valence-electron chi connectivity index (χ4n) is 4.68. The molecule has 0 radical (unpaired) electrons. The molecule has 5 nitrogen and oxygen atoms in total. The Kier molecular flexibility index (Phi) is 3.68. The zero-order valence-electron chi connectivity index (χ0n) is 14.0. The number of esters is 2. The van der Waals surface area contributed by atoms with Gasteiger partial charge in [-0.2, -0.15) is 0 Å². The quantitative estimate of drug-likeness (QED) is 0.445. The fraction of sp³-hybridized carbons (Fsp3) is 0.500. The number of halogens is 1. The van der Waals surface area contributed by atoms with Crippen LogP contribution in [0.2, 0.25) is 0 Å². The van der Waals surface area contributed by atoms with Crippen LogP contribution in [0.4, 0.5) is 0 Å². The lowest BCUT2D eigenvalue weighted by Gasteiger charge is -2.28. The van der Waals surface area contributed by atoms with E-state index < -0.39 is 34.3 Å². The molecule has 0 unspecified atom stereocenters. The highest BCUT2D eigenvalue weighted by atomic mass is 79.9. The Hall–Kier alpha value is -1.69. The monoisotopic (exact) mass is 394 g/mol. The Bertz CT molecular complexity index is 738. The lowest BCUT2D eigenvalue weighted by Crippen LogP contribution is -2.40. The van der Waals surface area contributed by atoms with Gasteiger partial charge in [0.05, 0.1) is 12.5 Å². The minimum Gasteiger partial charge on any atom is -0.468 e. The van der Waals surface area contributed by atoms with Gasteiger partial charge >= 0.3 is 11.9 Å². The Morgan fingerprint density at radius 3 is 2.33 bits per heavy atom. The van der Waals surface area contributed by atoms with Crippen molar-refractivity contribution in [2.45, 2.75) is 32.8 Å². The number of carbonyl (C=O) groups is 3. The molecule has 3 rings (SSSR count). The fourth-order valence-corrected chi connectivity index (χ4v) is 4.95. The first-order valence-corrected chi connectivity index (χ1v) is 8.61. The first-order valence-electron chi connectivity index (χ1n) is 7.82. The van der Waals surface area contributed by atoms with Crippen LogP contribution in [0.15, 0.2) is 28.7 Å². The summed E-state index contributed by atoms with van der Waals surface area (Å²) in [5.41, 5.74) is -3.08. The van der Waals surface area contributed by atoms with E-state index in [0.717, 1.165) is 4.47 Å². The van der Waals surface area contributed by atoms with E-state index in [2.05, 4.69) is 15.9 Å². The van der Waals surface area contributed by atoms with Gasteiger partial charge < -0.3 is 9.47 Å². The molecule has 1 heterocycles. The Morgan fingerprint density at radius 1 is 1.25 bits per heavy atom. The standard InChI is InChI=1S/C18H19BrO5/c1-5-17(12(20)10-6-8-11(19)9-7-10)13-16(2,3)24-15(22)18(13,17)14(21)23-4/h6-9,13H,5H2,1-4H3/t13-,17+,18-/m0/s1. The average Bonchev–Trinajstić information content (AvgIpc) is 3.14. The SMILES string of the molecule is CC[C@@]1(C(=O)c2ccc(Br)cc2)[C@@H]2C(C)(C)OC(=O)[C@@]21C(=O)OC. The van der Waals surface area contributed by atoms with E-state index in [9.17, 15) is 14.4 Å². The van der Waals surface area contributed by atoms with Crippen molar-refractivity contribution in [2.75, 3.05) is 7.11 Å². The molecular formula is C18H19BrO5. The predicted octanol–water partition coefficient (Wildman–Crippen LogP) is 3.15. The number of cyclic esters (lactones) is 1. The van der Waals surface area contributed by atoms with E-state index in [1.807, 2.05) is 6.92 Å². The summed E-state index contributed by atoms with van der Waals surface area (Å²) in [5, 5.41) is 0. The Morgan fingerprint density at radius 2 is 1.83 bits per heavy atom. The third-order valence-corrected chi connectivity index (χ3v) is 6.02. The number of hydrogen-bond donors (Lipinski definition) is 0. The summed E-state index contributed by atoms with van der Waals surface area (Å²) >= 11 is 3.34. The molecule has 0 aromatic heterocycles. The number of Topliss-reactive ketones (excluding diaryl/α,β-unsaturated/α-hetero) is 1. The number of carbonyl (C=O) groups excluding carboxylic acids is 3. The van der Waals surface area contributed by atoms with E-state index in [1.54, 1.807) is 38.1 Å². The highest BCUT2D eigenvalue weighted by molar-refractivity contribution is 9.10. The van der Waals surface area contributed by atoms with Gasteiger partial charge in [0.2, 0.25) is 0 Å². The van der Waals surface area contributed by atoms with Gasteiger partial charge in [-0.05, 0) is 32.4 Å². The third kappa shape index (κ3) is 1.78. The van der Waals surface area contributed by atoms with Crippen LogP contribution in [0, 0.1) is 16.7 Å². The molecule has 0 spiro atoms. The molecule has 0 N–H and O–H groups in total. The third-order valence-electron chi connectivity index (χ3n) is 5.50. The number of ether oxygens (including phenoxy) is 2. The normalized spacial score (nSPS) is 32.7. The van der Waals surface area contributed by atoms with Crippen LogP contribution in [0.1, 0.15) is 37.6 Å². The van der Waals surface area contributed by atoms with Crippen molar-refractivity contribution in [2.24, 2.45) is 16.7 Å². The van der Waals surface area contributed by atoms with Gasteiger partial charge in [0.25, 0.3) is 0 Å². The van der Waals surface area contributed by atoms with Crippen LogP contribution in [0.3, 0.4) is 0 Å². The average molecular weight is 395 g/mol. The van der Waals surface area contributed by atoms with Gasteiger partial charge in [0.15, 0.2) is 11.2 Å². The van der Waals surface area contributed by atoms with Gasteiger partial charge in [-0.3, -0.25) is 14.4 Å². The summed E-state index contributed by atoms with van der Waals surface area (Å²) in [5.74, 6) is -2.08. The van der Waals surface area contributed by atoms with Crippen LogP contribution < -0.4 is 0 Å². The zero-order valence-corrected chi connectivity index (χ0v) is 15.6. The summed E-state index contributed by atoms with van der Waals surface area (Å²) in [7, 11) is 1.23. The second kappa shape index (κ2) is 5.15. The van der Waals surface area contributed by atoms with E-state index in [-0.39, 0.29) is 5.78 Å². The molecule has 1 saturated heterocycles. The highest BCUT2D eigenvalue weighted by Crippen LogP contribution is 2.80. The maximum Gasteiger partial charge on any atom is 0.325 e. The van der Waals surface area contributed by atoms with Crippen LogP contribution in [0.25, 0.3) is 0 Å². The number of fused-ring (bicyclic) bond motifs is 1. The highest BCUT2D eigenvalue weighted by Gasteiger charge is 2.95. The summed E-state index contributed by atoms with van der Waals surface area (Å²) in [6.07, 6.45) is 0.361. The lowest BCUT2D eigenvalue weighted by molar-refractivity contribution is -0.165. The predicted molar refractivity (Wildman–Crippen MR) is 89.3 cm³/mol. The van der Waals surface area contributed by atoms with Crippen LogP contribution in [-0.2, 0) is 19.1 Å². The topological polar surface area (TPSA) is 69.7 Å². The first kappa shape index (κ1) is 17.1. The van der Waals surface area contributed by atoms with E-state index in [0.29, 0.717) is 12.0 Å². The molecule has 24 heavy (non-hydrogen) atoms. The molecule has 1 aliphatic heterocycles. The van der Waals surface area contributed by atoms with E-state index >= 15 is 0 Å². The summed E-state index contributed by atoms with van der Waals surface area (Å²) in [4.78, 5) is 38.5. The molecule has 3 atom stereocenters. The molecule has 6 heteroatoms. The minimum absolute atomic E-state index is 0.211. The van der Waals surface area contributed by atoms with Gasteiger partial charge in [0.1, 0.15) is 5.60 Å². The number of rotatable bonds is 4. The second-order valence-electron chi connectivity index (χ2n) is 6.89. The molecule has 1 aromatic carbocycles. The van der Waals surface area contributed by atoms with E-state index in [1.165, 1.54) is 7.11 Å². The molecular weight excluding hydrogens is 376 g/mol. The molecule has 1 aliphatic carbocycles. The van der Waals surface area contributed by atoms with Crippen molar-refractivity contribution < 1.29 is 23.9 Å². The molecule has 0 amide bonds. The van der Waals surface area contributed by atoms with Crippen molar-refractivity contribution >= 4 is 33.7 Å². The molecule has 2 aliphatic rings. The maximum absolute atomic E-state index is 13.3. The first-order chi connectivity index (χ1) is 11.2. The largest absolute Gasteiger partial charge is 0.468 e. The summed E-state index contributed by atoms with van der Waals surface area (Å²) in [6.45, 7) is 5.31. The molecule has 1 aromatic rings. The second-order valence-corrected chi connectivity index (χ2v) is 7.80. The molecule has 2 fully saturated rings. The maximum atomic E-state index is 13.3. The smallest absolute Gasteiger partial charge is 0.325 e. The molecule has 0 bridgehead atoms.